The van der Waals surface area contributed by atoms with Gasteiger partial charge >= 0.3 is 0 Å². The van der Waals surface area contributed by atoms with Gasteiger partial charge in [-0.1, -0.05) is 11.6 Å². The zero-order chi connectivity index (χ0) is 8.43. The average Bonchev–Trinajstić information content (AvgIpc) is 1.96. The number of aryl methyl sites for hydroxylation is 1. The van der Waals surface area contributed by atoms with Crippen molar-refractivity contribution in [2.75, 3.05) is 12.8 Å². The van der Waals surface area contributed by atoms with Gasteiger partial charge in [-0.05, 0) is 6.92 Å². The Bertz CT molecular complexity index is 275. The lowest BCUT2D eigenvalue weighted by molar-refractivity contribution is 0.416. The van der Waals surface area contributed by atoms with E-state index < -0.39 is 0 Å². The van der Waals surface area contributed by atoms with Crippen LogP contribution in [0.25, 0.3) is 0 Å². The van der Waals surface area contributed by atoms with Crippen molar-refractivity contribution in [2.45, 2.75) is 6.92 Å². The van der Waals surface area contributed by atoms with Crippen molar-refractivity contribution in [3.63, 3.8) is 0 Å². The summed E-state index contributed by atoms with van der Waals surface area (Å²) in [6.45, 7) is 1.83. The molecule has 11 heavy (non-hydrogen) atoms. The largest absolute Gasteiger partial charge is 0.494 e. The smallest absolute Gasteiger partial charge is 0.156 e. The maximum Gasteiger partial charge on any atom is 0.156 e. The fraction of sp³-hybridized carbons (Fsp3) is 0.286. The number of methoxy groups -OCH3 is 1. The Hall–Kier alpha value is -0.960. The minimum Gasteiger partial charge on any atom is -0.494 e. The van der Waals surface area contributed by atoms with E-state index in [9.17, 15) is 0 Å². The van der Waals surface area contributed by atoms with Crippen LogP contribution in [-0.2, 0) is 0 Å². The molecule has 1 heterocycles. The van der Waals surface area contributed by atoms with Crippen LogP contribution in [0.2, 0.25) is 5.15 Å². The Kier molecular flexibility index (Phi) is 2.19. The molecule has 0 spiro atoms. The lowest BCUT2D eigenvalue weighted by Crippen LogP contribution is -1.96. The third kappa shape index (κ3) is 1.54. The number of rotatable bonds is 1. The van der Waals surface area contributed by atoms with Gasteiger partial charge in [-0.2, -0.15) is 0 Å². The summed E-state index contributed by atoms with van der Waals surface area (Å²) in [7, 11) is 1.54. The lowest BCUT2D eigenvalue weighted by atomic mass is 10.3. The second kappa shape index (κ2) is 2.96. The Balaban J connectivity index is 3.24. The van der Waals surface area contributed by atoms with E-state index in [2.05, 4.69) is 4.98 Å². The SMILES string of the molecule is COc1cc(C)nc(Cl)c1N. The van der Waals surface area contributed by atoms with Crippen molar-refractivity contribution < 1.29 is 4.74 Å². The van der Waals surface area contributed by atoms with Crippen LogP contribution in [0.5, 0.6) is 5.75 Å². The van der Waals surface area contributed by atoms with Gasteiger partial charge in [0.05, 0.1) is 7.11 Å². The molecule has 60 valence electrons. The highest BCUT2D eigenvalue weighted by Crippen LogP contribution is 2.27. The molecule has 0 aliphatic rings. The van der Waals surface area contributed by atoms with E-state index in [0.717, 1.165) is 5.69 Å². The highest BCUT2D eigenvalue weighted by atomic mass is 35.5. The molecule has 0 aromatic carbocycles. The van der Waals surface area contributed by atoms with Crippen LogP contribution in [0.3, 0.4) is 0 Å². The summed E-state index contributed by atoms with van der Waals surface area (Å²) in [6, 6.07) is 1.74. The number of pyridine rings is 1. The third-order valence-corrected chi connectivity index (χ3v) is 1.61. The molecule has 0 amide bonds. The molecule has 0 aliphatic heterocycles. The molecule has 4 heteroatoms. The quantitative estimate of drug-likeness (QED) is 0.656. The van der Waals surface area contributed by atoms with Gasteiger partial charge in [0, 0.05) is 11.8 Å². The Morgan fingerprint density at radius 3 is 2.82 bits per heavy atom. The van der Waals surface area contributed by atoms with E-state index in [1.165, 1.54) is 0 Å². The minimum atomic E-state index is 0.293. The number of nitrogen functional groups attached to an aromatic ring is 1. The molecule has 1 aromatic rings. The van der Waals surface area contributed by atoms with Gasteiger partial charge in [0.2, 0.25) is 0 Å². The molecule has 1 rings (SSSR count). The number of anilines is 1. The standard InChI is InChI=1S/C7H9ClN2O/c1-4-3-5(11-2)6(9)7(8)10-4/h3H,9H2,1-2H3. The van der Waals surface area contributed by atoms with Gasteiger partial charge in [0.1, 0.15) is 11.4 Å². The third-order valence-electron chi connectivity index (χ3n) is 1.32. The first-order chi connectivity index (χ1) is 5.15. The van der Waals surface area contributed by atoms with E-state index in [4.69, 9.17) is 22.1 Å². The molecule has 3 nitrogen and oxygen atoms in total. The fourth-order valence-corrected chi connectivity index (χ4v) is 1.01. The molecule has 0 atom stereocenters. The topological polar surface area (TPSA) is 48.1 Å². The van der Waals surface area contributed by atoms with Crippen LogP contribution < -0.4 is 10.5 Å². The fourth-order valence-electron chi connectivity index (χ4n) is 0.785. The lowest BCUT2D eigenvalue weighted by Gasteiger charge is -2.05. The molecule has 0 radical (unpaired) electrons. The van der Waals surface area contributed by atoms with E-state index >= 15 is 0 Å². The van der Waals surface area contributed by atoms with E-state index in [1.54, 1.807) is 13.2 Å². The summed E-state index contributed by atoms with van der Waals surface area (Å²) in [5, 5.41) is 0.293. The van der Waals surface area contributed by atoms with Crippen molar-refractivity contribution in [2.24, 2.45) is 0 Å². The predicted octanol–water partition coefficient (Wildman–Crippen LogP) is 1.63. The van der Waals surface area contributed by atoms with Crippen LogP contribution in [0.1, 0.15) is 5.69 Å². The molecule has 0 saturated heterocycles. The first-order valence-corrected chi connectivity index (χ1v) is 3.49. The normalized spacial score (nSPS) is 9.73. The molecule has 1 aromatic heterocycles. The molecule has 0 aliphatic carbocycles. The number of aromatic nitrogens is 1. The highest BCUT2D eigenvalue weighted by molar-refractivity contribution is 6.32. The van der Waals surface area contributed by atoms with E-state index in [0.29, 0.717) is 16.6 Å². The van der Waals surface area contributed by atoms with Crippen LogP contribution in [0.4, 0.5) is 5.69 Å². The van der Waals surface area contributed by atoms with Crippen molar-refractivity contribution in [3.8, 4) is 5.75 Å². The predicted molar refractivity (Wildman–Crippen MR) is 44.9 cm³/mol. The number of nitrogens with two attached hydrogens (primary N) is 1. The second-order valence-corrected chi connectivity index (χ2v) is 2.53. The van der Waals surface area contributed by atoms with Crippen molar-refractivity contribution in [3.05, 3.63) is 16.9 Å². The Labute approximate surface area is 70.1 Å². The van der Waals surface area contributed by atoms with Crippen LogP contribution in [-0.4, -0.2) is 12.1 Å². The zero-order valence-electron chi connectivity index (χ0n) is 6.39. The first kappa shape index (κ1) is 8.14. The number of ether oxygens (including phenoxy) is 1. The maximum atomic E-state index is 5.68. The van der Waals surface area contributed by atoms with Gasteiger partial charge in [-0.15, -0.1) is 0 Å². The summed E-state index contributed by atoms with van der Waals surface area (Å²) in [5.74, 6) is 0.572. The molecular formula is C7H9ClN2O. The number of nitrogens with zero attached hydrogens (tertiary/aromatic N) is 1. The molecule has 0 saturated carbocycles. The average molecular weight is 173 g/mol. The number of halogens is 1. The Morgan fingerprint density at radius 1 is 1.64 bits per heavy atom. The highest BCUT2D eigenvalue weighted by Gasteiger charge is 2.05. The number of hydrogen-bond acceptors (Lipinski definition) is 3. The minimum absolute atomic E-state index is 0.293. The first-order valence-electron chi connectivity index (χ1n) is 3.11. The molecule has 2 N–H and O–H groups in total. The zero-order valence-corrected chi connectivity index (χ0v) is 7.14. The van der Waals surface area contributed by atoms with Crippen molar-refractivity contribution in [1.29, 1.82) is 0 Å². The van der Waals surface area contributed by atoms with Crippen LogP contribution >= 0.6 is 11.6 Å². The Morgan fingerprint density at radius 2 is 2.27 bits per heavy atom. The molecule has 0 unspecified atom stereocenters. The summed E-state index contributed by atoms with van der Waals surface area (Å²) in [6.07, 6.45) is 0. The van der Waals surface area contributed by atoms with Gasteiger partial charge in [-0.25, -0.2) is 4.98 Å². The van der Waals surface area contributed by atoms with Gasteiger partial charge < -0.3 is 10.5 Å². The van der Waals surface area contributed by atoms with Gasteiger partial charge in [0.25, 0.3) is 0 Å². The summed E-state index contributed by atoms with van der Waals surface area (Å²) in [5.41, 5.74) is 6.72. The monoisotopic (exact) mass is 172 g/mol. The van der Waals surface area contributed by atoms with E-state index in [-0.39, 0.29) is 0 Å². The summed E-state index contributed by atoms with van der Waals surface area (Å²) in [4.78, 5) is 3.94. The number of hydrogen-bond donors (Lipinski definition) is 1. The van der Waals surface area contributed by atoms with E-state index in [1.807, 2.05) is 6.92 Å². The van der Waals surface area contributed by atoms with Gasteiger partial charge in [-0.3, -0.25) is 0 Å². The molecule has 0 bridgehead atoms. The second-order valence-electron chi connectivity index (χ2n) is 2.17. The van der Waals surface area contributed by atoms with Crippen LogP contribution in [0.15, 0.2) is 6.07 Å². The summed E-state index contributed by atoms with van der Waals surface area (Å²) < 4.78 is 4.96. The summed E-state index contributed by atoms with van der Waals surface area (Å²) >= 11 is 5.68. The van der Waals surface area contributed by atoms with Crippen molar-refractivity contribution >= 4 is 17.3 Å². The molecular weight excluding hydrogens is 164 g/mol. The maximum absolute atomic E-state index is 5.68. The van der Waals surface area contributed by atoms with Crippen molar-refractivity contribution in [1.82, 2.24) is 4.98 Å². The van der Waals surface area contributed by atoms with Crippen LogP contribution in [0, 0.1) is 6.92 Å². The molecule has 0 fully saturated rings. The van der Waals surface area contributed by atoms with Gasteiger partial charge in [0.15, 0.2) is 5.15 Å².